The number of nitrogens with zero attached hydrogens (tertiary/aromatic N) is 1. The number of fused-ring (bicyclic) bond motifs is 1. The highest BCUT2D eigenvalue weighted by Crippen LogP contribution is 2.19. The summed E-state index contributed by atoms with van der Waals surface area (Å²) in [4.78, 5) is 80.1. The summed E-state index contributed by atoms with van der Waals surface area (Å²) in [7, 11) is 0. The van der Waals surface area contributed by atoms with Crippen LogP contribution in [0.25, 0.3) is 10.9 Å². The molecule has 1 aromatic carbocycles. The molecule has 17 heteroatoms. The second-order valence-electron chi connectivity index (χ2n) is 10.0. The number of carboxylic acids is 3. The summed E-state index contributed by atoms with van der Waals surface area (Å²) in [5.41, 5.74) is 17.8. The number of aromatic nitrogens is 1. The lowest BCUT2D eigenvalue weighted by molar-refractivity contribution is -0.142. The van der Waals surface area contributed by atoms with Gasteiger partial charge in [-0.1, -0.05) is 18.2 Å². The Kier molecular flexibility index (Phi) is 13.6. The lowest BCUT2D eigenvalue weighted by atomic mass is 10.0. The first-order chi connectivity index (χ1) is 20.8. The van der Waals surface area contributed by atoms with Crippen LogP contribution >= 0.6 is 0 Å². The Bertz CT molecular complexity index is 1370. The number of aliphatic imine (C=N–C) groups is 1. The summed E-state index contributed by atoms with van der Waals surface area (Å²) in [5.74, 6) is -6.65. The van der Waals surface area contributed by atoms with Gasteiger partial charge in [0.1, 0.15) is 18.1 Å². The smallest absolute Gasteiger partial charge is 0.326 e. The van der Waals surface area contributed by atoms with Gasteiger partial charge in [-0.2, -0.15) is 0 Å². The van der Waals surface area contributed by atoms with E-state index in [1.54, 1.807) is 18.3 Å². The number of H-pyrrole nitrogens is 1. The van der Waals surface area contributed by atoms with Crippen molar-refractivity contribution in [1.82, 2.24) is 20.9 Å². The van der Waals surface area contributed by atoms with E-state index in [-0.39, 0.29) is 44.6 Å². The van der Waals surface area contributed by atoms with Crippen molar-refractivity contribution in [1.29, 1.82) is 0 Å². The molecule has 13 N–H and O–H groups in total. The van der Waals surface area contributed by atoms with Gasteiger partial charge in [0.2, 0.25) is 17.7 Å². The lowest BCUT2D eigenvalue weighted by Crippen LogP contribution is -2.57. The average Bonchev–Trinajstić information content (AvgIpc) is 3.37. The minimum Gasteiger partial charge on any atom is -0.481 e. The van der Waals surface area contributed by atoms with Crippen molar-refractivity contribution in [2.45, 2.75) is 69.1 Å². The number of amides is 3. The largest absolute Gasteiger partial charge is 0.481 e. The fourth-order valence-corrected chi connectivity index (χ4v) is 4.26. The normalized spacial score (nSPS) is 13.6. The second kappa shape index (κ2) is 17.1. The molecule has 3 amide bonds. The molecular formula is C27H38N8O9. The average molecular weight is 619 g/mol. The third kappa shape index (κ3) is 11.6. The number of hydrogen-bond acceptors (Lipinski definition) is 8. The summed E-state index contributed by atoms with van der Waals surface area (Å²) < 4.78 is 0. The van der Waals surface area contributed by atoms with Crippen molar-refractivity contribution in [3.8, 4) is 0 Å². The molecule has 0 saturated heterocycles. The topological polar surface area (TPSA) is 305 Å². The molecule has 17 nitrogen and oxygen atoms in total. The molecule has 44 heavy (non-hydrogen) atoms. The zero-order chi connectivity index (χ0) is 32.8. The van der Waals surface area contributed by atoms with E-state index in [4.69, 9.17) is 27.4 Å². The molecule has 0 fully saturated rings. The van der Waals surface area contributed by atoms with E-state index in [9.17, 15) is 33.9 Å². The predicted molar refractivity (Wildman–Crippen MR) is 157 cm³/mol. The highest BCUT2D eigenvalue weighted by Gasteiger charge is 2.31. The molecule has 4 atom stereocenters. The molecule has 240 valence electrons. The minimum atomic E-state index is -1.45. The lowest BCUT2D eigenvalue weighted by Gasteiger charge is -2.25. The third-order valence-corrected chi connectivity index (χ3v) is 6.58. The molecule has 2 rings (SSSR count). The molecule has 4 unspecified atom stereocenters. The van der Waals surface area contributed by atoms with Gasteiger partial charge >= 0.3 is 17.9 Å². The SMILES string of the molecule is NC(N)=NCCCC(NC(=O)C(CCC(=O)O)NC(=O)C(N)CCC(=O)O)C(=O)NC(Cc1c[nH]c2ccccc12)C(=O)O. The number of hydrogen-bond donors (Lipinski definition) is 10. The number of carbonyl (C=O) groups is 6. The molecular weight excluding hydrogens is 580 g/mol. The van der Waals surface area contributed by atoms with E-state index in [2.05, 4.69) is 25.9 Å². The highest BCUT2D eigenvalue weighted by atomic mass is 16.4. The number of guanidine groups is 1. The summed E-state index contributed by atoms with van der Waals surface area (Å²) in [6.07, 6.45) is 0.131. The van der Waals surface area contributed by atoms with E-state index in [0.29, 0.717) is 5.56 Å². The minimum absolute atomic E-state index is 0.0501. The molecule has 0 aliphatic carbocycles. The zero-order valence-electron chi connectivity index (χ0n) is 23.8. The van der Waals surface area contributed by atoms with Crippen LogP contribution in [0, 0.1) is 0 Å². The first-order valence-electron chi connectivity index (χ1n) is 13.7. The molecule has 1 heterocycles. The predicted octanol–water partition coefficient (Wildman–Crippen LogP) is -1.64. The Labute approximate surface area is 251 Å². The fraction of sp³-hybridized carbons (Fsp3) is 0.444. The highest BCUT2D eigenvalue weighted by molar-refractivity contribution is 5.94. The standard InChI is InChI=1S/C27H38N8O9/c28-16(7-9-21(36)37)23(40)33-19(8-10-22(38)39)25(42)34-18(6-3-11-31-27(29)30)24(41)35-20(26(43)44)12-14-13-32-17-5-2-1-4-15(14)17/h1-2,4-5,13,16,18-20,32H,3,6-12,28H2,(H,33,40)(H,34,42)(H,35,41)(H,36,37)(H,38,39)(H,43,44)(H4,29,30,31). The Morgan fingerprint density at radius 3 is 1.98 bits per heavy atom. The van der Waals surface area contributed by atoms with Crippen LogP contribution in [0.3, 0.4) is 0 Å². The molecule has 1 aromatic heterocycles. The van der Waals surface area contributed by atoms with Crippen LogP contribution in [0.2, 0.25) is 0 Å². The maximum absolute atomic E-state index is 13.3. The molecule has 0 bridgehead atoms. The zero-order valence-corrected chi connectivity index (χ0v) is 23.8. The van der Waals surface area contributed by atoms with Crippen LogP contribution < -0.4 is 33.2 Å². The molecule has 0 saturated carbocycles. The number of aliphatic carboxylic acids is 3. The number of rotatable bonds is 19. The van der Waals surface area contributed by atoms with Crippen LogP contribution in [-0.2, 0) is 35.2 Å². The van der Waals surface area contributed by atoms with Gasteiger partial charge in [-0.25, -0.2) is 4.79 Å². The van der Waals surface area contributed by atoms with Gasteiger partial charge in [-0.05, 0) is 37.3 Å². The van der Waals surface area contributed by atoms with Gasteiger partial charge < -0.3 is 53.5 Å². The number of carbonyl (C=O) groups excluding carboxylic acids is 3. The van der Waals surface area contributed by atoms with Gasteiger partial charge in [0.15, 0.2) is 5.96 Å². The summed E-state index contributed by atoms with van der Waals surface area (Å²) in [6, 6.07) is 1.75. The summed E-state index contributed by atoms with van der Waals surface area (Å²) >= 11 is 0. The van der Waals surface area contributed by atoms with E-state index >= 15 is 0 Å². The first kappa shape index (κ1) is 35.0. The molecule has 2 aromatic rings. The van der Waals surface area contributed by atoms with Gasteiger partial charge in [0.05, 0.1) is 6.04 Å². The summed E-state index contributed by atoms with van der Waals surface area (Å²) in [6.45, 7) is 0.0806. The van der Waals surface area contributed by atoms with Gasteiger partial charge in [-0.15, -0.1) is 0 Å². The van der Waals surface area contributed by atoms with Crippen LogP contribution in [0.5, 0.6) is 0 Å². The van der Waals surface area contributed by atoms with E-state index in [0.717, 1.165) is 10.9 Å². The number of aromatic amines is 1. The third-order valence-electron chi connectivity index (χ3n) is 6.58. The second-order valence-corrected chi connectivity index (χ2v) is 10.0. The molecule has 0 spiro atoms. The Morgan fingerprint density at radius 2 is 1.36 bits per heavy atom. The number of benzene rings is 1. The Morgan fingerprint density at radius 1 is 0.795 bits per heavy atom. The van der Waals surface area contributed by atoms with Crippen molar-refractivity contribution in [2.75, 3.05) is 6.54 Å². The van der Waals surface area contributed by atoms with Crippen LogP contribution in [-0.4, -0.2) is 92.6 Å². The van der Waals surface area contributed by atoms with Crippen LogP contribution in [0.15, 0.2) is 35.5 Å². The fourth-order valence-electron chi connectivity index (χ4n) is 4.26. The monoisotopic (exact) mass is 618 g/mol. The van der Waals surface area contributed by atoms with Gasteiger partial charge in [-0.3, -0.25) is 29.0 Å². The maximum atomic E-state index is 13.3. The number of nitrogens with one attached hydrogen (secondary N) is 4. The van der Waals surface area contributed by atoms with E-state index < -0.39 is 72.6 Å². The molecule has 0 radical (unpaired) electrons. The van der Waals surface area contributed by atoms with Crippen LogP contribution in [0.4, 0.5) is 0 Å². The molecule has 0 aliphatic rings. The van der Waals surface area contributed by atoms with Crippen molar-refractivity contribution in [3.63, 3.8) is 0 Å². The van der Waals surface area contributed by atoms with E-state index in [1.165, 1.54) is 0 Å². The number of nitrogens with two attached hydrogens (primary N) is 3. The van der Waals surface area contributed by atoms with Crippen molar-refractivity contribution in [2.24, 2.45) is 22.2 Å². The van der Waals surface area contributed by atoms with Gasteiger partial charge in [0.25, 0.3) is 0 Å². The number of carboxylic acid groups (broad SMARTS) is 3. The quantitative estimate of drug-likeness (QED) is 0.0481. The summed E-state index contributed by atoms with van der Waals surface area (Å²) in [5, 5.41) is 35.8. The Hall–Kier alpha value is -5.19. The Balaban J connectivity index is 2.23. The molecule has 0 aliphatic heterocycles. The van der Waals surface area contributed by atoms with Gasteiger partial charge in [0, 0.05) is 42.9 Å². The number of para-hydroxylation sites is 1. The van der Waals surface area contributed by atoms with Crippen LogP contribution in [0.1, 0.15) is 44.1 Å². The van der Waals surface area contributed by atoms with Crippen molar-refractivity contribution >= 4 is 52.5 Å². The van der Waals surface area contributed by atoms with Crippen molar-refractivity contribution in [3.05, 3.63) is 36.0 Å². The first-order valence-corrected chi connectivity index (χ1v) is 13.7. The van der Waals surface area contributed by atoms with Crippen molar-refractivity contribution < 1.29 is 44.1 Å². The maximum Gasteiger partial charge on any atom is 0.326 e. The van der Waals surface area contributed by atoms with E-state index in [1.807, 2.05) is 12.1 Å².